The number of amides is 2. The maximum atomic E-state index is 13.4. The van der Waals surface area contributed by atoms with Crippen molar-refractivity contribution in [3.8, 4) is 5.69 Å². The Morgan fingerprint density at radius 2 is 1.66 bits per heavy atom. The lowest BCUT2D eigenvalue weighted by Gasteiger charge is -2.19. The molecule has 7 heteroatoms. The third kappa shape index (κ3) is 3.54. The van der Waals surface area contributed by atoms with Gasteiger partial charge in [-0.3, -0.25) is 19.0 Å². The van der Waals surface area contributed by atoms with Crippen LogP contribution >= 0.6 is 0 Å². The number of carbonyl (C=O) groups is 2. The molecule has 0 spiro atoms. The van der Waals surface area contributed by atoms with Crippen molar-refractivity contribution >= 4 is 28.4 Å². The van der Waals surface area contributed by atoms with Crippen molar-refractivity contribution < 1.29 is 9.59 Å². The molecule has 2 amide bonds. The van der Waals surface area contributed by atoms with E-state index in [0.29, 0.717) is 40.1 Å². The number of hydrogen-bond donors (Lipinski definition) is 2. The van der Waals surface area contributed by atoms with E-state index in [2.05, 4.69) is 10.6 Å². The van der Waals surface area contributed by atoms with Crippen LogP contribution in [-0.4, -0.2) is 21.4 Å². The van der Waals surface area contributed by atoms with Crippen molar-refractivity contribution in [1.82, 2.24) is 14.9 Å². The first-order chi connectivity index (χ1) is 15.6. The lowest BCUT2D eigenvalue weighted by atomic mass is 10.1. The molecular weight excluding hydrogens is 404 g/mol. The van der Waals surface area contributed by atoms with Gasteiger partial charge in [-0.25, -0.2) is 4.98 Å². The molecule has 0 radical (unpaired) electrons. The van der Waals surface area contributed by atoms with E-state index in [1.54, 1.807) is 42.5 Å². The highest BCUT2D eigenvalue weighted by Gasteiger charge is 2.29. The Hall–Kier alpha value is -4.26. The Morgan fingerprint density at radius 1 is 0.938 bits per heavy atom. The molecule has 1 aromatic heterocycles. The minimum Gasteiger partial charge on any atom is -0.342 e. The molecule has 7 nitrogen and oxygen atoms in total. The van der Waals surface area contributed by atoms with Crippen LogP contribution in [-0.2, 0) is 4.79 Å². The molecule has 2 N–H and O–H groups in total. The van der Waals surface area contributed by atoms with Crippen LogP contribution in [0.1, 0.15) is 35.1 Å². The number of para-hydroxylation sites is 3. The van der Waals surface area contributed by atoms with Crippen molar-refractivity contribution in [1.29, 1.82) is 0 Å². The highest BCUT2D eigenvalue weighted by atomic mass is 16.2. The van der Waals surface area contributed by atoms with Crippen LogP contribution < -0.4 is 16.2 Å². The SMILES string of the molecule is O=C(CC[C@@H]1NC(=O)c2ccccc2-n2c1nc1ccccc1c2=O)Nc1ccccc1. The van der Waals surface area contributed by atoms with Crippen LogP contribution in [0, 0.1) is 0 Å². The topological polar surface area (TPSA) is 93.1 Å². The quantitative estimate of drug-likeness (QED) is 0.524. The molecule has 0 aliphatic carbocycles. The molecule has 0 unspecified atom stereocenters. The molecule has 32 heavy (non-hydrogen) atoms. The Bertz CT molecular complexity index is 1400. The fourth-order valence-electron chi connectivity index (χ4n) is 4.00. The van der Waals surface area contributed by atoms with E-state index in [1.165, 1.54) is 4.57 Å². The molecule has 0 saturated carbocycles. The summed E-state index contributed by atoms with van der Waals surface area (Å²) in [5.41, 5.74) is 1.89. The second-order valence-corrected chi connectivity index (χ2v) is 7.62. The third-order valence-corrected chi connectivity index (χ3v) is 5.53. The van der Waals surface area contributed by atoms with E-state index in [-0.39, 0.29) is 23.8 Å². The van der Waals surface area contributed by atoms with E-state index >= 15 is 0 Å². The summed E-state index contributed by atoms with van der Waals surface area (Å²) in [5, 5.41) is 6.28. The zero-order valence-electron chi connectivity index (χ0n) is 17.1. The standard InChI is InChI=1S/C25H20N4O3/c30-22(26-16-8-2-1-3-9-16)15-14-20-23-27-19-12-6-4-10-17(19)25(32)29(23)21-13-7-5-11-18(21)24(31)28-20/h1-13,20H,14-15H2,(H,26,30)(H,28,31)/t20-/m0/s1. The van der Waals surface area contributed by atoms with Crippen LogP contribution in [0.2, 0.25) is 0 Å². The molecular formula is C25H20N4O3. The van der Waals surface area contributed by atoms with E-state index in [0.717, 1.165) is 0 Å². The first-order valence-corrected chi connectivity index (χ1v) is 10.4. The van der Waals surface area contributed by atoms with Gasteiger partial charge in [0.05, 0.1) is 28.2 Å². The van der Waals surface area contributed by atoms with Crippen molar-refractivity contribution in [3.63, 3.8) is 0 Å². The molecule has 0 saturated heterocycles. The Balaban J connectivity index is 1.55. The fourth-order valence-corrected chi connectivity index (χ4v) is 4.00. The van der Waals surface area contributed by atoms with Gasteiger partial charge in [-0.05, 0) is 42.8 Å². The van der Waals surface area contributed by atoms with E-state index < -0.39 is 6.04 Å². The van der Waals surface area contributed by atoms with Gasteiger partial charge in [0.15, 0.2) is 0 Å². The lowest BCUT2D eigenvalue weighted by molar-refractivity contribution is -0.116. The zero-order valence-corrected chi connectivity index (χ0v) is 17.1. The third-order valence-electron chi connectivity index (χ3n) is 5.53. The molecule has 4 aromatic rings. The highest BCUT2D eigenvalue weighted by Crippen LogP contribution is 2.27. The van der Waals surface area contributed by atoms with Crippen LogP contribution in [0.4, 0.5) is 5.69 Å². The van der Waals surface area contributed by atoms with Gasteiger partial charge in [0.2, 0.25) is 5.91 Å². The van der Waals surface area contributed by atoms with Gasteiger partial charge in [-0.1, -0.05) is 42.5 Å². The molecule has 1 atom stereocenters. The molecule has 5 rings (SSSR count). The molecule has 1 aliphatic rings. The number of anilines is 1. The molecule has 158 valence electrons. The number of hydrogen-bond acceptors (Lipinski definition) is 4. The van der Waals surface area contributed by atoms with Crippen molar-refractivity contribution in [3.05, 3.63) is 101 Å². The predicted molar refractivity (Wildman–Crippen MR) is 122 cm³/mol. The van der Waals surface area contributed by atoms with E-state index in [9.17, 15) is 14.4 Å². The van der Waals surface area contributed by atoms with Gasteiger partial charge >= 0.3 is 0 Å². The van der Waals surface area contributed by atoms with Crippen molar-refractivity contribution in [2.45, 2.75) is 18.9 Å². The normalized spacial score (nSPS) is 14.8. The second kappa shape index (κ2) is 8.11. The van der Waals surface area contributed by atoms with E-state index in [4.69, 9.17) is 4.98 Å². The van der Waals surface area contributed by atoms with Crippen LogP contribution in [0.15, 0.2) is 83.7 Å². The number of aromatic nitrogens is 2. The summed E-state index contributed by atoms with van der Waals surface area (Å²) >= 11 is 0. The number of nitrogens with zero attached hydrogens (tertiary/aromatic N) is 2. The average molecular weight is 424 g/mol. The smallest absolute Gasteiger partial charge is 0.266 e. The van der Waals surface area contributed by atoms with Crippen molar-refractivity contribution in [2.24, 2.45) is 0 Å². The number of fused-ring (bicyclic) bond motifs is 4. The Morgan fingerprint density at radius 3 is 2.50 bits per heavy atom. The average Bonchev–Trinajstić information content (AvgIpc) is 2.93. The van der Waals surface area contributed by atoms with Gasteiger partial charge in [0, 0.05) is 12.1 Å². The molecule has 2 heterocycles. The number of benzene rings is 3. The number of nitrogens with one attached hydrogen (secondary N) is 2. The summed E-state index contributed by atoms with van der Waals surface area (Å²) < 4.78 is 1.50. The van der Waals surface area contributed by atoms with Gasteiger partial charge in [-0.2, -0.15) is 0 Å². The van der Waals surface area contributed by atoms with Crippen LogP contribution in [0.25, 0.3) is 16.6 Å². The largest absolute Gasteiger partial charge is 0.342 e. The van der Waals surface area contributed by atoms with Crippen LogP contribution in [0.3, 0.4) is 0 Å². The minimum atomic E-state index is -0.603. The minimum absolute atomic E-state index is 0.152. The fraction of sp³-hybridized carbons (Fsp3) is 0.120. The molecule has 3 aromatic carbocycles. The maximum absolute atomic E-state index is 13.4. The number of carbonyl (C=O) groups excluding carboxylic acids is 2. The van der Waals surface area contributed by atoms with Crippen molar-refractivity contribution in [2.75, 3.05) is 5.32 Å². The first kappa shape index (κ1) is 19.7. The lowest BCUT2D eigenvalue weighted by Crippen LogP contribution is -2.31. The second-order valence-electron chi connectivity index (χ2n) is 7.62. The Kier molecular flexibility index (Phi) is 4.99. The summed E-state index contributed by atoms with van der Waals surface area (Å²) in [4.78, 5) is 43.6. The predicted octanol–water partition coefficient (Wildman–Crippen LogP) is 3.59. The summed E-state index contributed by atoms with van der Waals surface area (Å²) in [6, 6.07) is 22.6. The maximum Gasteiger partial charge on any atom is 0.266 e. The molecule has 0 fully saturated rings. The van der Waals surface area contributed by atoms with Crippen LogP contribution in [0.5, 0.6) is 0 Å². The molecule has 0 bridgehead atoms. The number of rotatable bonds is 4. The van der Waals surface area contributed by atoms with Gasteiger partial charge < -0.3 is 10.6 Å². The highest BCUT2D eigenvalue weighted by molar-refractivity contribution is 5.99. The Labute approximate surface area is 183 Å². The van der Waals surface area contributed by atoms with Gasteiger partial charge in [0.25, 0.3) is 11.5 Å². The zero-order chi connectivity index (χ0) is 22.1. The molecule has 1 aliphatic heterocycles. The summed E-state index contributed by atoms with van der Waals surface area (Å²) in [6.45, 7) is 0. The first-order valence-electron chi connectivity index (χ1n) is 10.4. The monoisotopic (exact) mass is 424 g/mol. The van der Waals surface area contributed by atoms with Gasteiger partial charge in [0.1, 0.15) is 5.82 Å². The summed E-state index contributed by atoms with van der Waals surface area (Å²) in [7, 11) is 0. The summed E-state index contributed by atoms with van der Waals surface area (Å²) in [5.74, 6) is -0.0653. The summed E-state index contributed by atoms with van der Waals surface area (Å²) in [6.07, 6.45) is 0.446. The van der Waals surface area contributed by atoms with Gasteiger partial charge in [-0.15, -0.1) is 0 Å². The van der Waals surface area contributed by atoms with E-state index in [1.807, 2.05) is 36.4 Å².